The van der Waals surface area contributed by atoms with Gasteiger partial charge < -0.3 is 10.0 Å². The van der Waals surface area contributed by atoms with Crippen LogP contribution < -0.4 is 0 Å². The highest BCUT2D eigenvalue weighted by atomic mass is 79.9. The molecule has 0 radical (unpaired) electrons. The Morgan fingerprint density at radius 1 is 1.24 bits per heavy atom. The van der Waals surface area contributed by atoms with Crippen LogP contribution in [0.2, 0.25) is 10.0 Å². The Hall–Kier alpha value is -2.18. The summed E-state index contributed by atoms with van der Waals surface area (Å²) in [6.07, 6.45) is 0.732. The highest BCUT2D eigenvalue weighted by Crippen LogP contribution is 2.48. The summed E-state index contributed by atoms with van der Waals surface area (Å²) in [6, 6.07) is 12.1. The molecule has 29 heavy (non-hydrogen) atoms. The van der Waals surface area contributed by atoms with Gasteiger partial charge >= 0.3 is 0 Å². The minimum Gasteiger partial charge on any atom is -0.509 e. The summed E-state index contributed by atoms with van der Waals surface area (Å²) in [5, 5.41) is 15.9. The number of hydrogen-bond acceptors (Lipinski definition) is 3. The second-order valence-electron chi connectivity index (χ2n) is 7.20. The highest BCUT2D eigenvalue weighted by molar-refractivity contribution is 9.10. The number of rotatable bonds is 4. The van der Waals surface area contributed by atoms with Crippen molar-refractivity contribution in [3.05, 3.63) is 84.3 Å². The fraction of sp³-hybridized carbons (Fsp3) is 0.250. The van der Waals surface area contributed by atoms with Crippen LogP contribution in [-0.2, 0) is 11.2 Å². The van der Waals surface area contributed by atoms with Crippen LogP contribution in [0.1, 0.15) is 17.5 Å². The number of benzene rings is 2. The molecular formula is C20H15BrCl2N4O2. The van der Waals surface area contributed by atoms with E-state index in [1.807, 2.05) is 24.3 Å². The molecule has 2 aromatic carbocycles. The summed E-state index contributed by atoms with van der Waals surface area (Å²) in [6.45, 7) is 0.237. The first-order chi connectivity index (χ1) is 13.8. The summed E-state index contributed by atoms with van der Waals surface area (Å²) in [7, 11) is 0. The largest absolute Gasteiger partial charge is 0.509 e. The highest BCUT2D eigenvalue weighted by Gasteiger charge is 2.57. The molecule has 0 aromatic heterocycles. The molecule has 0 unspecified atom stereocenters. The van der Waals surface area contributed by atoms with E-state index in [0.29, 0.717) is 28.5 Å². The lowest BCUT2D eigenvalue weighted by atomic mass is 9.85. The molecule has 1 saturated heterocycles. The first kappa shape index (κ1) is 20.1. The predicted octanol–water partition coefficient (Wildman–Crippen LogP) is 5.93. The number of carbonyl (C=O) groups is 1. The Labute approximate surface area is 185 Å². The van der Waals surface area contributed by atoms with Gasteiger partial charge in [-0.3, -0.25) is 4.79 Å². The Morgan fingerprint density at radius 3 is 2.52 bits per heavy atom. The third-order valence-corrected chi connectivity index (χ3v) is 6.36. The quantitative estimate of drug-likeness (QED) is 0.325. The van der Waals surface area contributed by atoms with Crippen LogP contribution in [0.3, 0.4) is 0 Å². The number of fused-ring (bicyclic) bond motifs is 1. The molecule has 1 fully saturated rings. The van der Waals surface area contributed by atoms with Crippen LogP contribution in [0.4, 0.5) is 0 Å². The summed E-state index contributed by atoms with van der Waals surface area (Å²) < 4.78 is 0.936. The molecule has 0 saturated carbocycles. The van der Waals surface area contributed by atoms with Gasteiger partial charge in [-0.2, -0.15) is 0 Å². The zero-order valence-corrected chi connectivity index (χ0v) is 18.1. The Kier molecular flexibility index (Phi) is 5.25. The molecule has 9 heteroatoms. The van der Waals surface area contributed by atoms with Crippen molar-refractivity contribution in [2.75, 3.05) is 6.54 Å². The van der Waals surface area contributed by atoms with Crippen LogP contribution >= 0.6 is 39.1 Å². The van der Waals surface area contributed by atoms with Gasteiger partial charge in [0.1, 0.15) is 11.3 Å². The van der Waals surface area contributed by atoms with Crippen LogP contribution in [-0.4, -0.2) is 34.0 Å². The maximum Gasteiger partial charge on any atom is 0.258 e. The van der Waals surface area contributed by atoms with Gasteiger partial charge in [-0.25, -0.2) is 0 Å². The minimum absolute atomic E-state index is 0.0422. The first-order valence-electron chi connectivity index (χ1n) is 8.85. The zero-order valence-electron chi connectivity index (χ0n) is 15.0. The van der Waals surface area contributed by atoms with Gasteiger partial charge in [-0.05, 0) is 53.4 Å². The van der Waals surface area contributed by atoms with E-state index in [2.05, 4.69) is 26.0 Å². The molecule has 2 heterocycles. The van der Waals surface area contributed by atoms with Crippen molar-refractivity contribution in [1.29, 1.82) is 0 Å². The van der Waals surface area contributed by atoms with Gasteiger partial charge in [0.05, 0.1) is 11.6 Å². The Morgan fingerprint density at radius 2 is 1.90 bits per heavy atom. The van der Waals surface area contributed by atoms with Crippen molar-refractivity contribution in [2.45, 2.75) is 24.4 Å². The van der Waals surface area contributed by atoms with Crippen LogP contribution in [0.15, 0.2) is 57.8 Å². The standard InChI is InChI=1S/C20H15BrCl2N4O2/c21-13-3-1-11(2-4-13)8-20-9-16(25-26-24)10-27(20)19(29)17(18(20)28)12-5-14(22)7-15(23)6-12/h1-7,16,28H,8-10H2/t16-,20-/m0/s1. The number of azide groups is 1. The molecule has 6 nitrogen and oxygen atoms in total. The number of amides is 1. The molecule has 2 atom stereocenters. The lowest BCUT2D eigenvalue weighted by Crippen LogP contribution is -2.45. The normalized spacial score (nSPS) is 23.3. The van der Waals surface area contributed by atoms with E-state index in [4.69, 9.17) is 28.7 Å². The number of halogens is 3. The van der Waals surface area contributed by atoms with E-state index in [1.165, 1.54) is 0 Å². The molecule has 148 valence electrons. The number of carbonyl (C=O) groups excluding carboxylic acids is 1. The fourth-order valence-corrected chi connectivity index (χ4v) is 5.01. The van der Waals surface area contributed by atoms with Crippen molar-refractivity contribution < 1.29 is 9.90 Å². The van der Waals surface area contributed by atoms with Gasteiger partial charge in [-0.15, -0.1) is 0 Å². The predicted molar refractivity (Wildman–Crippen MR) is 116 cm³/mol. The second kappa shape index (κ2) is 7.58. The van der Waals surface area contributed by atoms with Gasteiger partial charge in [-0.1, -0.05) is 56.4 Å². The van der Waals surface area contributed by atoms with Crippen molar-refractivity contribution >= 4 is 50.6 Å². The minimum atomic E-state index is -0.978. The van der Waals surface area contributed by atoms with E-state index >= 15 is 0 Å². The van der Waals surface area contributed by atoms with E-state index in [1.54, 1.807) is 23.1 Å². The van der Waals surface area contributed by atoms with Gasteiger partial charge in [0.15, 0.2) is 0 Å². The number of aliphatic hydroxyl groups excluding tert-OH is 1. The molecule has 1 N–H and O–H groups in total. The van der Waals surface area contributed by atoms with E-state index in [9.17, 15) is 9.90 Å². The summed E-state index contributed by atoms with van der Waals surface area (Å²) >= 11 is 15.6. The molecule has 2 aliphatic rings. The van der Waals surface area contributed by atoms with Crippen LogP contribution in [0.25, 0.3) is 16.0 Å². The fourth-order valence-electron chi connectivity index (χ4n) is 4.22. The Bertz CT molecular complexity index is 1060. The van der Waals surface area contributed by atoms with E-state index in [-0.39, 0.29) is 23.8 Å². The lowest BCUT2D eigenvalue weighted by Gasteiger charge is -2.32. The SMILES string of the molecule is [N-]=[N+]=N[C@@H]1CN2C(=O)C(c3cc(Cl)cc(Cl)c3)=C(O)[C@]2(Cc2ccc(Br)cc2)C1. The molecule has 2 aromatic rings. The molecule has 1 amide bonds. The molecule has 0 bridgehead atoms. The summed E-state index contributed by atoms with van der Waals surface area (Å²) in [5.74, 6) is -0.368. The van der Waals surface area contributed by atoms with E-state index in [0.717, 1.165) is 10.0 Å². The number of nitrogens with zero attached hydrogens (tertiary/aromatic N) is 4. The summed E-state index contributed by atoms with van der Waals surface area (Å²) in [5.41, 5.74) is 9.49. The van der Waals surface area contributed by atoms with Gasteiger partial charge in [0.25, 0.3) is 5.91 Å². The molecular weight excluding hydrogens is 479 g/mol. The third kappa shape index (κ3) is 3.49. The number of aliphatic hydroxyl groups is 1. The van der Waals surface area contributed by atoms with Crippen molar-refractivity contribution in [3.8, 4) is 0 Å². The molecule has 2 aliphatic heterocycles. The van der Waals surface area contributed by atoms with Crippen molar-refractivity contribution in [2.24, 2.45) is 5.11 Å². The smallest absolute Gasteiger partial charge is 0.258 e. The van der Waals surface area contributed by atoms with Crippen molar-refractivity contribution in [3.63, 3.8) is 0 Å². The zero-order chi connectivity index (χ0) is 20.8. The Balaban J connectivity index is 1.84. The van der Waals surface area contributed by atoms with Crippen LogP contribution in [0.5, 0.6) is 0 Å². The summed E-state index contributed by atoms with van der Waals surface area (Å²) in [4.78, 5) is 17.8. The van der Waals surface area contributed by atoms with Gasteiger partial charge in [0, 0.05) is 32.4 Å². The average Bonchev–Trinajstić information content (AvgIpc) is 3.10. The lowest BCUT2D eigenvalue weighted by molar-refractivity contribution is -0.126. The molecule has 4 rings (SSSR count). The third-order valence-electron chi connectivity index (χ3n) is 5.40. The average molecular weight is 494 g/mol. The monoisotopic (exact) mass is 492 g/mol. The topological polar surface area (TPSA) is 89.3 Å². The maximum absolute atomic E-state index is 13.3. The maximum atomic E-state index is 13.3. The van der Waals surface area contributed by atoms with Crippen LogP contribution in [0, 0.1) is 0 Å². The second-order valence-corrected chi connectivity index (χ2v) is 8.98. The molecule has 0 aliphatic carbocycles. The van der Waals surface area contributed by atoms with Crippen molar-refractivity contribution in [1.82, 2.24) is 4.90 Å². The number of hydrogen-bond donors (Lipinski definition) is 1. The first-order valence-corrected chi connectivity index (χ1v) is 10.4. The van der Waals surface area contributed by atoms with E-state index < -0.39 is 11.6 Å². The molecule has 0 spiro atoms. The van der Waals surface area contributed by atoms with Gasteiger partial charge in [0.2, 0.25) is 0 Å².